The van der Waals surface area contributed by atoms with Crippen LogP contribution in [0.3, 0.4) is 0 Å². The third-order valence-corrected chi connectivity index (χ3v) is 5.05. The molecule has 0 saturated carbocycles. The zero-order valence-electron chi connectivity index (χ0n) is 13.7. The average Bonchev–Trinajstić information content (AvgIpc) is 3.18. The molecule has 2 aliphatic rings. The van der Waals surface area contributed by atoms with Crippen molar-refractivity contribution in [2.45, 2.75) is 11.8 Å². The fraction of sp³-hybridized carbons (Fsp3) is 0.263. The lowest BCUT2D eigenvalue weighted by Crippen LogP contribution is -2.39. The first-order chi connectivity index (χ1) is 12.0. The Morgan fingerprint density at radius 3 is 2.88 bits per heavy atom. The third kappa shape index (κ3) is 2.36. The van der Waals surface area contributed by atoms with Crippen LogP contribution >= 0.6 is 0 Å². The average molecular weight is 340 g/mol. The minimum absolute atomic E-state index is 0.106. The number of rotatable bonds is 2. The minimum Gasteiger partial charge on any atom is -0.497 e. The van der Waals surface area contributed by atoms with Crippen LogP contribution in [0, 0.1) is 5.82 Å². The van der Waals surface area contributed by atoms with Crippen molar-refractivity contribution in [2.24, 2.45) is 0 Å². The Bertz CT molecular complexity index is 883. The first-order valence-electron chi connectivity index (χ1n) is 8.08. The maximum Gasteiger partial charge on any atom is 0.254 e. The number of carbonyl (C=O) groups excluding carboxylic acids is 2. The zero-order valence-corrected chi connectivity index (χ0v) is 13.7. The molecule has 2 heterocycles. The molecule has 0 bridgehead atoms. The van der Waals surface area contributed by atoms with Crippen molar-refractivity contribution in [1.29, 1.82) is 0 Å². The van der Waals surface area contributed by atoms with E-state index in [1.165, 1.54) is 18.2 Å². The van der Waals surface area contributed by atoms with Gasteiger partial charge in [-0.25, -0.2) is 4.39 Å². The highest BCUT2D eigenvalue weighted by Crippen LogP contribution is 2.45. The standard InChI is InChI=1S/C19H17FN2O3/c1-25-14-5-6-16-15(10-14)19(18(24)21-16)7-8-22(11-19)17(23)12-3-2-4-13(20)9-12/h2-6,9-10H,7-8,11H2,1H3,(H,21,24)/t19-/m0/s1. The van der Waals surface area contributed by atoms with Crippen molar-refractivity contribution in [2.75, 3.05) is 25.5 Å². The monoisotopic (exact) mass is 340 g/mol. The Balaban J connectivity index is 1.66. The number of methoxy groups -OCH3 is 1. The summed E-state index contributed by atoms with van der Waals surface area (Å²) in [7, 11) is 1.58. The maximum absolute atomic E-state index is 13.4. The number of nitrogens with one attached hydrogen (secondary N) is 1. The molecular formula is C19H17FN2O3. The Morgan fingerprint density at radius 1 is 1.28 bits per heavy atom. The highest BCUT2D eigenvalue weighted by Gasteiger charge is 2.52. The summed E-state index contributed by atoms with van der Waals surface area (Å²) in [6.07, 6.45) is 0.528. The van der Waals surface area contributed by atoms with Crippen molar-refractivity contribution in [3.05, 3.63) is 59.4 Å². The summed E-state index contributed by atoms with van der Waals surface area (Å²) in [6, 6.07) is 11.1. The van der Waals surface area contributed by atoms with Gasteiger partial charge in [-0.3, -0.25) is 9.59 Å². The number of nitrogens with zero attached hydrogens (tertiary/aromatic N) is 1. The fourth-order valence-electron chi connectivity index (χ4n) is 3.71. The van der Waals surface area contributed by atoms with Crippen LogP contribution in [0.2, 0.25) is 0 Å². The van der Waals surface area contributed by atoms with E-state index in [4.69, 9.17) is 4.74 Å². The van der Waals surface area contributed by atoms with Crippen LogP contribution in [-0.2, 0) is 10.2 Å². The highest BCUT2D eigenvalue weighted by atomic mass is 19.1. The molecule has 1 N–H and O–H groups in total. The third-order valence-electron chi connectivity index (χ3n) is 5.05. The Labute approximate surface area is 144 Å². The number of hydrogen-bond acceptors (Lipinski definition) is 3. The molecule has 25 heavy (non-hydrogen) atoms. The Morgan fingerprint density at radius 2 is 2.12 bits per heavy atom. The predicted octanol–water partition coefficient (Wildman–Crippen LogP) is 2.57. The highest BCUT2D eigenvalue weighted by molar-refractivity contribution is 6.07. The van der Waals surface area contributed by atoms with E-state index in [1.54, 1.807) is 24.1 Å². The zero-order chi connectivity index (χ0) is 17.6. The molecule has 2 aliphatic heterocycles. The van der Waals surface area contributed by atoms with Gasteiger partial charge in [0.15, 0.2) is 0 Å². The summed E-state index contributed by atoms with van der Waals surface area (Å²) >= 11 is 0. The van der Waals surface area contributed by atoms with Crippen LogP contribution < -0.4 is 10.1 Å². The van der Waals surface area contributed by atoms with Gasteiger partial charge in [0, 0.05) is 24.3 Å². The Hall–Kier alpha value is -2.89. The SMILES string of the molecule is COc1ccc2c(c1)[C@@]1(CCN(C(=O)c3cccc(F)c3)C1)C(=O)N2. The van der Waals surface area contributed by atoms with Crippen LogP contribution in [0.25, 0.3) is 0 Å². The first-order valence-corrected chi connectivity index (χ1v) is 8.08. The number of hydrogen-bond donors (Lipinski definition) is 1. The van der Waals surface area contributed by atoms with Crippen LogP contribution in [0.1, 0.15) is 22.3 Å². The summed E-state index contributed by atoms with van der Waals surface area (Å²) in [6.45, 7) is 0.716. The number of anilines is 1. The smallest absolute Gasteiger partial charge is 0.254 e. The molecule has 0 unspecified atom stereocenters. The van der Waals surface area contributed by atoms with E-state index in [1.807, 2.05) is 12.1 Å². The molecule has 0 radical (unpaired) electrons. The second kappa shape index (κ2) is 5.58. The van der Waals surface area contributed by atoms with Crippen LogP contribution in [0.15, 0.2) is 42.5 Å². The van der Waals surface area contributed by atoms with Crippen LogP contribution in [-0.4, -0.2) is 36.9 Å². The number of likely N-dealkylation sites (tertiary alicyclic amines) is 1. The van der Waals surface area contributed by atoms with Crippen LogP contribution in [0.5, 0.6) is 5.75 Å². The maximum atomic E-state index is 13.4. The molecule has 128 valence electrons. The predicted molar refractivity (Wildman–Crippen MR) is 90.2 cm³/mol. The van der Waals surface area contributed by atoms with Crippen molar-refractivity contribution in [3.8, 4) is 5.75 Å². The number of fused-ring (bicyclic) bond motifs is 2. The van der Waals surface area contributed by atoms with E-state index in [0.29, 0.717) is 24.3 Å². The summed E-state index contributed by atoms with van der Waals surface area (Å²) in [5.74, 6) is -0.149. The van der Waals surface area contributed by atoms with Gasteiger partial charge >= 0.3 is 0 Å². The molecule has 1 spiro atoms. The number of ether oxygens (including phenoxy) is 1. The molecule has 5 nitrogen and oxygen atoms in total. The minimum atomic E-state index is -0.771. The molecular weight excluding hydrogens is 323 g/mol. The van der Waals surface area contributed by atoms with Gasteiger partial charge in [-0.15, -0.1) is 0 Å². The summed E-state index contributed by atoms with van der Waals surface area (Å²) in [5, 5.41) is 2.90. The van der Waals surface area contributed by atoms with Gasteiger partial charge in [0.1, 0.15) is 11.6 Å². The van der Waals surface area contributed by atoms with Gasteiger partial charge in [0.25, 0.3) is 5.91 Å². The van der Waals surface area contributed by atoms with Gasteiger partial charge in [-0.1, -0.05) is 6.07 Å². The van der Waals surface area contributed by atoms with Crippen molar-refractivity contribution in [3.63, 3.8) is 0 Å². The summed E-state index contributed by atoms with van der Waals surface area (Å²) < 4.78 is 18.7. The molecule has 2 aromatic carbocycles. The quantitative estimate of drug-likeness (QED) is 0.914. The Kier molecular flexibility index (Phi) is 3.49. The molecule has 0 aromatic heterocycles. The second-order valence-electron chi connectivity index (χ2n) is 6.43. The van der Waals surface area contributed by atoms with E-state index in [9.17, 15) is 14.0 Å². The molecule has 1 saturated heterocycles. The topological polar surface area (TPSA) is 58.6 Å². The lowest BCUT2D eigenvalue weighted by atomic mass is 9.81. The van der Waals surface area contributed by atoms with Gasteiger partial charge < -0.3 is 15.0 Å². The van der Waals surface area contributed by atoms with E-state index >= 15 is 0 Å². The molecule has 1 fully saturated rings. The van der Waals surface area contributed by atoms with Gasteiger partial charge in [0.2, 0.25) is 5.91 Å². The number of carbonyl (C=O) groups is 2. The van der Waals surface area contributed by atoms with E-state index in [0.717, 1.165) is 11.3 Å². The fourth-order valence-corrected chi connectivity index (χ4v) is 3.71. The van der Waals surface area contributed by atoms with Crippen molar-refractivity contribution in [1.82, 2.24) is 4.90 Å². The number of amides is 2. The van der Waals surface area contributed by atoms with Crippen LogP contribution in [0.4, 0.5) is 10.1 Å². The molecule has 2 aromatic rings. The molecule has 0 aliphatic carbocycles. The summed E-state index contributed by atoms with van der Waals surface area (Å²) in [4.78, 5) is 27.0. The number of halogens is 1. The summed E-state index contributed by atoms with van der Waals surface area (Å²) in [5.41, 5.74) is 1.13. The number of benzene rings is 2. The first kappa shape index (κ1) is 15.6. The lowest BCUT2D eigenvalue weighted by Gasteiger charge is -2.23. The molecule has 1 atom stereocenters. The normalized spacial score (nSPS) is 21.4. The van der Waals surface area contributed by atoms with Gasteiger partial charge in [-0.05, 0) is 48.4 Å². The largest absolute Gasteiger partial charge is 0.497 e. The van der Waals surface area contributed by atoms with E-state index < -0.39 is 11.2 Å². The van der Waals surface area contributed by atoms with E-state index in [2.05, 4.69) is 5.32 Å². The van der Waals surface area contributed by atoms with Gasteiger partial charge in [0.05, 0.1) is 12.5 Å². The van der Waals surface area contributed by atoms with Crippen molar-refractivity contribution < 1.29 is 18.7 Å². The van der Waals surface area contributed by atoms with Crippen molar-refractivity contribution >= 4 is 17.5 Å². The van der Waals surface area contributed by atoms with Gasteiger partial charge in [-0.2, -0.15) is 0 Å². The molecule has 4 rings (SSSR count). The van der Waals surface area contributed by atoms with E-state index in [-0.39, 0.29) is 18.4 Å². The molecule has 6 heteroatoms. The lowest BCUT2D eigenvalue weighted by molar-refractivity contribution is -0.120. The second-order valence-corrected chi connectivity index (χ2v) is 6.43. The molecule has 2 amide bonds.